The summed E-state index contributed by atoms with van der Waals surface area (Å²) in [6.07, 6.45) is 0.780. The van der Waals surface area contributed by atoms with Crippen molar-refractivity contribution in [3.63, 3.8) is 0 Å². The maximum atomic E-state index is 12.2. The summed E-state index contributed by atoms with van der Waals surface area (Å²) in [6.45, 7) is 4.61. The van der Waals surface area contributed by atoms with Crippen LogP contribution in [0.1, 0.15) is 18.9 Å². The summed E-state index contributed by atoms with van der Waals surface area (Å²) in [7, 11) is 0.507. The van der Waals surface area contributed by atoms with E-state index in [1.807, 2.05) is 32.8 Å². The highest BCUT2D eigenvalue weighted by Crippen LogP contribution is 2.20. The van der Waals surface area contributed by atoms with Gasteiger partial charge in [0.2, 0.25) is 10.0 Å². The van der Waals surface area contributed by atoms with E-state index < -0.39 is 10.0 Å². The van der Waals surface area contributed by atoms with Crippen molar-refractivity contribution in [1.82, 2.24) is 9.62 Å². The van der Waals surface area contributed by atoms with Gasteiger partial charge in [0.1, 0.15) is 0 Å². The molecule has 0 spiro atoms. The fourth-order valence-corrected chi connectivity index (χ4v) is 3.24. The number of nitrogens with one attached hydrogen (secondary N) is 1. The highest BCUT2D eigenvalue weighted by molar-refractivity contribution is 9.10. The van der Waals surface area contributed by atoms with Gasteiger partial charge in [0.15, 0.2) is 0 Å². The van der Waals surface area contributed by atoms with E-state index in [9.17, 15) is 8.42 Å². The van der Waals surface area contributed by atoms with Crippen LogP contribution in [-0.2, 0) is 10.0 Å². The summed E-state index contributed by atoms with van der Waals surface area (Å²) in [5.74, 6) is 0. The molecule has 0 aromatic heterocycles. The molecule has 1 aromatic carbocycles. The normalized spacial score (nSPS) is 13.8. The highest BCUT2D eigenvalue weighted by Gasteiger charge is 2.17. The molecule has 0 radical (unpaired) electrons. The lowest BCUT2D eigenvalue weighted by atomic mass is 10.2. The van der Waals surface area contributed by atoms with E-state index in [0.29, 0.717) is 4.90 Å². The van der Waals surface area contributed by atoms with Crippen molar-refractivity contribution in [2.45, 2.75) is 31.2 Å². The number of sulfonamides is 1. The number of nitrogens with zero attached hydrogens (tertiary/aromatic N) is 1. The minimum atomic E-state index is -3.44. The Morgan fingerprint density at radius 1 is 1.37 bits per heavy atom. The lowest BCUT2D eigenvalue weighted by Gasteiger charge is -2.17. The predicted molar refractivity (Wildman–Crippen MR) is 81.8 cm³/mol. The molecule has 1 rings (SSSR count). The van der Waals surface area contributed by atoms with Crippen molar-refractivity contribution in [3.05, 3.63) is 28.2 Å². The van der Waals surface area contributed by atoms with Gasteiger partial charge in [0.25, 0.3) is 0 Å². The van der Waals surface area contributed by atoms with E-state index in [2.05, 4.69) is 20.7 Å². The first kappa shape index (κ1) is 16.6. The Bertz CT molecular complexity index is 529. The average Bonchev–Trinajstić information content (AvgIpc) is 2.29. The Kier molecular flexibility index (Phi) is 5.98. The van der Waals surface area contributed by atoms with Gasteiger partial charge in [0, 0.05) is 10.5 Å². The monoisotopic (exact) mass is 348 g/mol. The Morgan fingerprint density at radius 3 is 2.53 bits per heavy atom. The van der Waals surface area contributed by atoms with Gasteiger partial charge in [0.05, 0.1) is 4.90 Å². The maximum Gasteiger partial charge on any atom is 0.240 e. The Hall–Kier alpha value is -0.430. The van der Waals surface area contributed by atoms with Crippen molar-refractivity contribution < 1.29 is 8.42 Å². The zero-order valence-electron chi connectivity index (χ0n) is 11.8. The molecule has 0 aliphatic heterocycles. The SMILES string of the molecule is Cc1cc(S(=O)(=O)NC(C)CCN(C)C)ccc1Br. The number of benzene rings is 1. The summed E-state index contributed by atoms with van der Waals surface area (Å²) >= 11 is 3.37. The Balaban J connectivity index is 2.77. The van der Waals surface area contributed by atoms with E-state index in [1.54, 1.807) is 18.2 Å². The standard InChI is InChI=1S/C13H21BrN2O2S/c1-10-9-12(5-6-13(10)14)19(17,18)15-11(2)7-8-16(3)4/h5-6,9,11,15H,7-8H2,1-4H3. The topological polar surface area (TPSA) is 49.4 Å². The summed E-state index contributed by atoms with van der Waals surface area (Å²) in [4.78, 5) is 2.35. The highest BCUT2D eigenvalue weighted by atomic mass is 79.9. The van der Waals surface area contributed by atoms with E-state index in [1.165, 1.54) is 0 Å². The lowest BCUT2D eigenvalue weighted by Crippen LogP contribution is -2.34. The minimum Gasteiger partial charge on any atom is -0.309 e. The number of hydrogen-bond donors (Lipinski definition) is 1. The second-order valence-electron chi connectivity index (χ2n) is 5.03. The fourth-order valence-electron chi connectivity index (χ4n) is 1.63. The molecule has 1 unspecified atom stereocenters. The van der Waals surface area contributed by atoms with Crippen LogP contribution in [0.15, 0.2) is 27.6 Å². The van der Waals surface area contributed by atoms with Gasteiger partial charge < -0.3 is 4.90 Å². The Labute approximate surface area is 124 Å². The van der Waals surface area contributed by atoms with Gasteiger partial charge in [-0.2, -0.15) is 0 Å². The van der Waals surface area contributed by atoms with E-state index in [4.69, 9.17) is 0 Å². The summed E-state index contributed by atoms with van der Waals surface area (Å²) in [5.41, 5.74) is 0.906. The van der Waals surface area contributed by atoms with Crippen LogP contribution in [0.3, 0.4) is 0 Å². The molecular formula is C13H21BrN2O2S. The van der Waals surface area contributed by atoms with Gasteiger partial charge in [-0.1, -0.05) is 15.9 Å². The van der Waals surface area contributed by atoms with Crippen LogP contribution in [0.25, 0.3) is 0 Å². The van der Waals surface area contributed by atoms with Crippen LogP contribution >= 0.6 is 15.9 Å². The third kappa shape index (κ3) is 5.22. The first-order chi connectivity index (χ1) is 8.72. The van der Waals surface area contributed by atoms with Crippen LogP contribution < -0.4 is 4.72 Å². The van der Waals surface area contributed by atoms with Crippen molar-refractivity contribution >= 4 is 26.0 Å². The molecule has 0 amide bonds. The molecule has 4 nitrogen and oxygen atoms in total. The Morgan fingerprint density at radius 2 is 2.00 bits per heavy atom. The molecular weight excluding hydrogens is 328 g/mol. The van der Waals surface area contributed by atoms with Crippen LogP contribution in [0.2, 0.25) is 0 Å². The minimum absolute atomic E-state index is 0.0867. The van der Waals surface area contributed by atoms with Crippen molar-refractivity contribution in [2.75, 3.05) is 20.6 Å². The molecule has 1 N–H and O–H groups in total. The predicted octanol–water partition coefficient (Wildman–Crippen LogP) is 2.38. The van der Waals surface area contributed by atoms with E-state index >= 15 is 0 Å². The van der Waals surface area contributed by atoms with Gasteiger partial charge in [-0.15, -0.1) is 0 Å². The molecule has 0 aliphatic carbocycles. The lowest BCUT2D eigenvalue weighted by molar-refractivity contribution is 0.379. The van der Waals surface area contributed by atoms with Gasteiger partial charge >= 0.3 is 0 Å². The van der Waals surface area contributed by atoms with Gasteiger partial charge in [-0.3, -0.25) is 0 Å². The number of hydrogen-bond acceptors (Lipinski definition) is 3. The quantitative estimate of drug-likeness (QED) is 0.858. The second kappa shape index (κ2) is 6.83. The van der Waals surface area contributed by atoms with E-state index in [0.717, 1.165) is 23.0 Å². The molecule has 1 aromatic rings. The summed E-state index contributed by atoms with van der Waals surface area (Å²) in [6, 6.07) is 4.95. The van der Waals surface area contributed by atoms with Crippen LogP contribution in [-0.4, -0.2) is 40.0 Å². The fraction of sp³-hybridized carbons (Fsp3) is 0.538. The smallest absolute Gasteiger partial charge is 0.240 e. The zero-order valence-corrected chi connectivity index (χ0v) is 14.2. The van der Waals surface area contributed by atoms with Crippen LogP contribution in [0.4, 0.5) is 0 Å². The molecule has 6 heteroatoms. The first-order valence-corrected chi connectivity index (χ1v) is 8.43. The molecule has 0 fully saturated rings. The summed E-state index contributed by atoms with van der Waals surface area (Å²) < 4.78 is 28.0. The maximum absolute atomic E-state index is 12.2. The molecule has 108 valence electrons. The van der Waals surface area contributed by atoms with Crippen LogP contribution in [0, 0.1) is 6.92 Å². The second-order valence-corrected chi connectivity index (χ2v) is 7.59. The first-order valence-electron chi connectivity index (χ1n) is 6.15. The number of halogens is 1. The number of rotatable bonds is 6. The largest absolute Gasteiger partial charge is 0.309 e. The van der Waals surface area contributed by atoms with Crippen molar-refractivity contribution in [3.8, 4) is 0 Å². The van der Waals surface area contributed by atoms with E-state index in [-0.39, 0.29) is 6.04 Å². The molecule has 0 saturated heterocycles. The summed E-state index contributed by atoms with van der Waals surface area (Å²) in [5, 5.41) is 0. The molecule has 0 heterocycles. The zero-order chi connectivity index (χ0) is 14.6. The molecule has 0 aliphatic rings. The van der Waals surface area contributed by atoms with Crippen LogP contribution in [0.5, 0.6) is 0 Å². The number of aryl methyl sites for hydroxylation is 1. The van der Waals surface area contributed by atoms with Gasteiger partial charge in [-0.05, 0) is 64.7 Å². The average molecular weight is 349 g/mol. The third-order valence-electron chi connectivity index (χ3n) is 2.81. The molecule has 19 heavy (non-hydrogen) atoms. The van der Waals surface area contributed by atoms with Crippen molar-refractivity contribution in [2.24, 2.45) is 0 Å². The molecule has 0 bridgehead atoms. The third-order valence-corrected chi connectivity index (χ3v) is 5.28. The molecule has 1 atom stereocenters. The molecule has 0 saturated carbocycles. The van der Waals surface area contributed by atoms with Gasteiger partial charge in [-0.25, -0.2) is 13.1 Å². The van der Waals surface area contributed by atoms with Crippen molar-refractivity contribution in [1.29, 1.82) is 0 Å².